The van der Waals surface area contributed by atoms with Crippen molar-refractivity contribution in [3.05, 3.63) is 57.5 Å². The molecule has 1 aromatic heterocycles. The average molecular weight is 292 g/mol. The molecule has 0 saturated heterocycles. The van der Waals surface area contributed by atoms with Crippen LogP contribution in [0.1, 0.15) is 22.0 Å². The molecule has 0 aliphatic rings. The third-order valence-corrected chi connectivity index (χ3v) is 4.09. The number of nitrogens with one attached hydrogen (secondary N) is 1. The molecule has 0 aliphatic heterocycles. The highest BCUT2D eigenvalue weighted by Gasteiger charge is 2.15. The Hall–Kier alpha value is -1.72. The van der Waals surface area contributed by atoms with E-state index in [0.29, 0.717) is 13.0 Å². The molecule has 0 bridgehead atoms. The van der Waals surface area contributed by atoms with Crippen LogP contribution in [0.5, 0.6) is 0 Å². The Morgan fingerprint density at radius 1 is 1.45 bits per heavy atom. The van der Waals surface area contributed by atoms with Gasteiger partial charge in [0, 0.05) is 11.4 Å². The molecule has 5 heteroatoms. The standard InChI is InChI=1S/C15H17FN2OS/c1-10-9-12(16)5-4-11(10)6-7-18-15(19)14(17)13-3-2-8-20-13/h2-5,8-9,14H,6-7,17H2,1H3,(H,18,19). The number of nitrogens with two attached hydrogens (primary N) is 1. The molecule has 2 aromatic rings. The zero-order chi connectivity index (χ0) is 14.5. The number of benzene rings is 1. The molecule has 0 saturated carbocycles. The highest BCUT2D eigenvalue weighted by atomic mass is 32.1. The third-order valence-electron chi connectivity index (χ3n) is 3.13. The van der Waals surface area contributed by atoms with Crippen LogP contribution in [-0.2, 0) is 11.2 Å². The van der Waals surface area contributed by atoms with Gasteiger partial charge in [0.1, 0.15) is 11.9 Å². The molecule has 2 rings (SSSR count). The fourth-order valence-corrected chi connectivity index (χ4v) is 2.69. The van der Waals surface area contributed by atoms with Gasteiger partial charge in [-0.25, -0.2) is 4.39 Å². The van der Waals surface area contributed by atoms with E-state index in [9.17, 15) is 9.18 Å². The molecule has 106 valence electrons. The van der Waals surface area contributed by atoms with Gasteiger partial charge in [0.25, 0.3) is 0 Å². The first-order valence-electron chi connectivity index (χ1n) is 6.39. The van der Waals surface area contributed by atoms with E-state index in [-0.39, 0.29) is 11.7 Å². The lowest BCUT2D eigenvalue weighted by molar-refractivity contribution is -0.122. The second-order valence-corrected chi connectivity index (χ2v) is 5.58. The Bertz CT molecular complexity index is 584. The van der Waals surface area contributed by atoms with Gasteiger partial charge < -0.3 is 11.1 Å². The van der Waals surface area contributed by atoms with E-state index in [2.05, 4.69) is 5.32 Å². The van der Waals surface area contributed by atoms with Crippen molar-refractivity contribution in [3.63, 3.8) is 0 Å². The highest BCUT2D eigenvalue weighted by molar-refractivity contribution is 7.10. The topological polar surface area (TPSA) is 55.1 Å². The summed E-state index contributed by atoms with van der Waals surface area (Å²) in [5.41, 5.74) is 7.78. The second kappa shape index (κ2) is 6.63. The van der Waals surface area contributed by atoms with E-state index >= 15 is 0 Å². The van der Waals surface area contributed by atoms with Crippen LogP contribution < -0.4 is 11.1 Å². The zero-order valence-corrected chi connectivity index (χ0v) is 12.0. The average Bonchev–Trinajstić information content (AvgIpc) is 2.94. The summed E-state index contributed by atoms with van der Waals surface area (Å²) in [6.07, 6.45) is 0.662. The second-order valence-electron chi connectivity index (χ2n) is 4.60. The summed E-state index contributed by atoms with van der Waals surface area (Å²) in [7, 11) is 0. The fourth-order valence-electron chi connectivity index (χ4n) is 1.97. The van der Waals surface area contributed by atoms with E-state index in [1.807, 2.05) is 24.4 Å². The van der Waals surface area contributed by atoms with Gasteiger partial charge in [-0.15, -0.1) is 11.3 Å². The van der Waals surface area contributed by atoms with Crippen LogP contribution in [0.15, 0.2) is 35.7 Å². The Morgan fingerprint density at radius 3 is 2.90 bits per heavy atom. The lowest BCUT2D eigenvalue weighted by Gasteiger charge is -2.11. The molecule has 20 heavy (non-hydrogen) atoms. The van der Waals surface area contributed by atoms with Gasteiger partial charge in [0.15, 0.2) is 0 Å². The Balaban J connectivity index is 1.85. The highest BCUT2D eigenvalue weighted by Crippen LogP contribution is 2.16. The summed E-state index contributed by atoms with van der Waals surface area (Å²) in [5.74, 6) is -0.429. The van der Waals surface area contributed by atoms with E-state index in [0.717, 1.165) is 16.0 Å². The third kappa shape index (κ3) is 3.65. The minimum Gasteiger partial charge on any atom is -0.354 e. The van der Waals surface area contributed by atoms with E-state index in [4.69, 9.17) is 5.73 Å². The summed E-state index contributed by atoms with van der Waals surface area (Å²) in [5, 5.41) is 4.70. The lowest BCUT2D eigenvalue weighted by Crippen LogP contribution is -2.34. The summed E-state index contributed by atoms with van der Waals surface area (Å²) in [4.78, 5) is 12.7. The van der Waals surface area contributed by atoms with Crippen LogP contribution in [0.3, 0.4) is 0 Å². The largest absolute Gasteiger partial charge is 0.354 e. The van der Waals surface area contributed by atoms with Crippen molar-refractivity contribution in [2.45, 2.75) is 19.4 Å². The van der Waals surface area contributed by atoms with Gasteiger partial charge >= 0.3 is 0 Å². The van der Waals surface area contributed by atoms with Crippen molar-refractivity contribution in [2.75, 3.05) is 6.54 Å². The molecule has 1 unspecified atom stereocenters. The van der Waals surface area contributed by atoms with Gasteiger partial charge in [0.2, 0.25) is 5.91 Å². The van der Waals surface area contributed by atoms with Crippen molar-refractivity contribution in [1.29, 1.82) is 0 Å². The van der Waals surface area contributed by atoms with Gasteiger partial charge in [0.05, 0.1) is 0 Å². The molecule has 0 aliphatic carbocycles. The maximum Gasteiger partial charge on any atom is 0.242 e. The number of carbonyl (C=O) groups is 1. The van der Waals surface area contributed by atoms with Crippen LogP contribution in [0.25, 0.3) is 0 Å². The van der Waals surface area contributed by atoms with Crippen molar-refractivity contribution < 1.29 is 9.18 Å². The minimum atomic E-state index is -0.621. The van der Waals surface area contributed by atoms with Gasteiger partial charge in [-0.3, -0.25) is 4.79 Å². The number of halogens is 1. The van der Waals surface area contributed by atoms with Crippen LogP contribution in [0, 0.1) is 12.7 Å². The monoisotopic (exact) mass is 292 g/mol. The first-order valence-corrected chi connectivity index (χ1v) is 7.27. The smallest absolute Gasteiger partial charge is 0.242 e. The summed E-state index contributed by atoms with van der Waals surface area (Å²) in [6.45, 7) is 2.35. The quantitative estimate of drug-likeness (QED) is 0.890. The predicted molar refractivity (Wildman–Crippen MR) is 79.1 cm³/mol. The SMILES string of the molecule is Cc1cc(F)ccc1CCNC(=O)C(N)c1cccs1. The van der Waals surface area contributed by atoms with Crippen molar-refractivity contribution >= 4 is 17.2 Å². The Labute approximate surface area is 121 Å². The summed E-state index contributed by atoms with van der Waals surface area (Å²) < 4.78 is 13.0. The maximum atomic E-state index is 13.0. The molecular formula is C15H17FN2OS. The van der Waals surface area contributed by atoms with Gasteiger partial charge in [-0.1, -0.05) is 12.1 Å². The van der Waals surface area contributed by atoms with Gasteiger partial charge in [-0.05, 0) is 48.1 Å². The van der Waals surface area contributed by atoms with Crippen molar-refractivity contribution in [1.82, 2.24) is 5.32 Å². The molecule has 0 radical (unpaired) electrons. The van der Waals surface area contributed by atoms with Crippen LogP contribution >= 0.6 is 11.3 Å². The van der Waals surface area contributed by atoms with Crippen LogP contribution in [-0.4, -0.2) is 12.5 Å². The molecule has 3 nitrogen and oxygen atoms in total. The normalized spacial score (nSPS) is 12.2. The Kier molecular flexibility index (Phi) is 4.87. The van der Waals surface area contributed by atoms with Crippen LogP contribution in [0.2, 0.25) is 0 Å². The van der Waals surface area contributed by atoms with Crippen LogP contribution in [0.4, 0.5) is 4.39 Å². The summed E-state index contributed by atoms with van der Waals surface area (Å²) >= 11 is 1.47. The number of amides is 1. The first-order chi connectivity index (χ1) is 9.58. The van der Waals surface area contributed by atoms with E-state index < -0.39 is 6.04 Å². The van der Waals surface area contributed by atoms with E-state index in [1.54, 1.807) is 6.07 Å². The number of aryl methyl sites for hydroxylation is 1. The molecule has 1 amide bonds. The number of hydrogen-bond donors (Lipinski definition) is 2. The number of carbonyl (C=O) groups excluding carboxylic acids is 1. The predicted octanol–water partition coefficient (Wildman–Crippen LogP) is 2.55. The molecule has 1 aromatic carbocycles. The number of rotatable bonds is 5. The Morgan fingerprint density at radius 2 is 2.25 bits per heavy atom. The number of hydrogen-bond acceptors (Lipinski definition) is 3. The fraction of sp³-hybridized carbons (Fsp3) is 0.267. The molecule has 1 atom stereocenters. The number of thiophene rings is 1. The molecule has 3 N–H and O–H groups in total. The zero-order valence-electron chi connectivity index (χ0n) is 11.2. The van der Waals surface area contributed by atoms with Crippen molar-refractivity contribution in [3.8, 4) is 0 Å². The molecular weight excluding hydrogens is 275 g/mol. The lowest BCUT2D eigenvalue weighted by atomic mass is 10.1. The maximum absolute atomic E-state index is 13.0. The van der Waals surface area contributed by atoms with Gasteiger partial charge in [-0.2, -0.15) is 0 Å². The molecule has 1 heterocycles. The molecule has 0 fully saturated rings. The molecule has 0 spiro atoms. The first kappa shape index (κ1) is 14.7. The van der Waals surface area contributed by atoms with Crippen molar-refractivity contribution in [2.24, 2.45) is 5.73 Å². The van der Waals surface area contributed by atoms with E-state index in [1.165, 1.54) is 23.5 Å². The summed E-state index contributed by atoms with van der Waals surface area (Å²) in [6, 6.07) is 7.77. The minimum absolute atomic E-state index is 0.188.